The lowest BCUT2D eigenvalue weighted by molar-refractivity contribution is 0.0566. The summed E-state index contributed by atoms with van der Waals surface area (Å²) in [5, 5.41) is 3.73. The minimum atomic E-state index is -2.63. The van der Waals surface area contributed by atoms with E-state index in [2.05, 4.69) is 21.9 Å². The molecule has 0 saturated carbocycles. The highest BCUT2D eigenvalue weighted by Crippen LogP contribution is 2.34. The van der Waals surface area contributed by atoms with Gasteiger partial charge in [0.05, 0.1) is 11.9 Å². The smallest absolute Gasteiger partial charge is 0.333 e. The lowest BCUT2D eigenvalue weighted by Gasteiger charge is -2.39. The fourth-order valence-corrected chi connectivity index (χ4v) is 3.17. The van der Waals surface area contributed by atoms with E-state index in [-0.39, 0.29) is 0 Å². The molecule has 0 aromatic carbocycles. The summed E-state index contributed by atoms with van der Waals surface area (Å²) in [5.74, 6) is 0.721. The van der Waals surface area contributed by atoms with Crippen LogP contribution in [0, 0.1) is 0 Å². The molecular weight excluding hydrogens is 288 g/mol. The molecule has 1 atom stereocenters. The Bertz CT molecular complexity index is 712. The molecule has 0 N–H and O–H groups in total. The Morgan fingerprint density at radius 3 is 2.77 bits per heavy atom. The molecule has 1 saturated heterocycles. The van der Waals surface area contributed by atoms with E-state index in [1.165, 1.54) is 12.4 Å². The predicted octanol–water partition coefficient (Wildman–Crippen LogP) is 2.82. The number of aromatic nitrogens is 4. The zero-order valence-electron chi connectivity index (χ0n) is 12.3. The molecule has 0 amide bonds. The molecule has 2 aromatic rings. The van der Waals surface area contributed by atoms with Crippen molar-refractivity contribution < 1.29 is 8.78 Å². The van der Waals surface area contributed by atoms with E-state index in [1.807, 2.05) is 0 Å². The van der Waals surface area contributed by atoms with Crippen LogP contribution in [0.4, 0.5) is 14.7 Å². The Kier molecular flexibility index (Phi) is 3.09. The third kappa shape index (κ3) is 2.07. The van der Waals surface area contributed by atoms with E-state index in [1.54, 1.807) is 0 Å². The molecule has 1 aliphatic carbocycles. The molecule has 1 aliphatic heterocycles. The molecule has 7 heteroatoms. The van der Waals surface area contributed by atoms with Crippen molar-refractivity contribution >= 4 is 5.95 Å². The maximum Gasteiger partial charge on any atom is 0.333 e. The second-order valence-electron chi connectivity index (χ2n) is 5.97. The number of alkyl halides is 2. The number of nitrogens with zero attached hydrogens (tertiary/aromatic N) is 5. The van der Waals surface area contributed by atoms with Crippen LogP contribution in [0.2, 0.25) is 0 Å². The summed E-state index contributed by atoms with van der Waals surface area (Å²) in [7, 11) is 0. The summed E-state index contributed by atoms with van der Waals surface area (Å²) in [6.45, 7) is 0.475. The van der Waals surface area contributed by atoms with E-state index in [9.17, 15) is 8.78 Å². The van der Waals surface area contributed by atoms with Crippen LogP contribution in [-0.4, -0.2) is 32.3 Å². The average Bonchev–Trinajstić information content (AvgIpc) is 3.13. The molecule has 4 rings (SSSR count). The number of hydrogen-bond acceptors (Lipinski definition) is 4. The van der Waals surface area contributed by atoms with Gasteiger partial charge in [-0.2, -0.15) is 13.9 Å². The molecular formula is C15H17F2N5. The first-order valence-corrected chi connectivity index (χ1v) is 7.62. The molecule has 1 fully saturated rings. The van der Waals surface area contributed by atoms with E-state index in [4.69, 9.17) is 4.98 Å². The maximum atomic E-state index is 12.8. The molecule has 3 heterocycles. The Balaban J connectivity index is 1.79. The number of fused-ring (bicyclic) bond motifs is 1. The lowest BCUT2D eigenvalue weighted by atomic mass is 10.1. The summed E-state index contributed by atoms with van der Waals surface area (Å²) in [5.41, 5.74) is 3.56. The highest BCUT2D eigenvalue weighted by atomic mass is 19.3. The number of rotatable bonds is 3. The van der Waals surface area contributed by atoms with Gasteiger partial charge in [0.1, 0.15) is 0 Å². The molecule has 116 valence electrons. The van der Waals surface area contributed by atoms with Gasteiger partial charge in [0, 0.05) is 35.6 Å². The quantitative estimate of drug-likeness (QED) is 0.875. The van der Waals surface area contributed by atoms with Crippen LogP contribution in [0.1, 0.15) is 37.6 Å². The highest BCUT2D eigenvalue weighted by molar-refractivity contribution is 5.65. The summed E-state index contributed by atoms with van der Waals surface area (Å²) >= 11 is 0. The summed E-state index contributed by atoms with van der Waals surface area (Å²) in [6, 6.07) is 0.441. The van der Waals surface area contributed by atoms with Crippen LogP contribution in [-0.2, 0) is 12.8 Å². The van der Waals surface area contributed by atoms with Gasteiger partial charge >= 0.3 is 6.55 Å². The van der Waals surface area contributed by atoms with Crippen molar-refractivity contribution in [2.45, 2.75) is 45.2 Å². The molecule has 0 radical (unpaired) electrons. The first kappa shape index (κ1) is 13.6. The minimum Gasteiger partial charge on any atom is -0.338 e. The first-order chi connectivity index (χ1) is 10.6. The largest absolute Gasteiger partial charge is 0.338 e. The third-order valence-corrected chi connectivity index (χ3v) is 4.57. The van der Waals surface area contributed by atoms with Gasteiger partial charge in [-0.25, -0.2) is 14.6 Å². The van der Waals surface area contributed by atoms with Crippen molar-refractivity contribution in [2.24, 2.45) is 0 Å². The van der Waals surface area contributed by atoms with Crippen LogP contribution >= 0.6 is 0 Å². The van der Waals surface area contributed by atoms with Gasteiger partial charge in [0.15, 0.2) is 0 Å². The maximum absolute atomic E-state index is 12.8. The fraction of sp³-hybridized carbons (Fsp3) is 0.533. The van der Waals surface area contributed by atoms with Gasteiger partial charge in [0.25, 0.3) is 0 Å². The summed E-state index contributed by atoms with van der Waals surface area (Å²) in [6.07, 6.45) is 6.85. The zero-order valence-corrected chi connectivity index (χ0v) is 12.3. The van der Waals surface area contributed by atoms with Crippen LogP contribution in [0.15, 0.2) is 12.4 Å². The lowest BCUT2D eigenvalue weighted by Crippen LogP contribution is -2.46. The monoisotopic (exact) mass is 305 g/mol. The van der Waals surface area contributed by atoms with E-state index in [0.29, 0.717) is 16.3 Å². The number of hydrogen-bond donors (Lipinski definition) is 0. The van der Waals surface area contributed by atoms with Gasteiger partial charge < -0.3 is 4.90 Å². The second kappa shape index (κ2) is 5.00. The highest BCUT2D eigenvalue weighted by Gasteiger charge is 2.29. The van der Waals surface area contributed by atoms with Crippen molar-refractivity contribution in [3.63, 3.8) is 0 Å². The number of halogens is 2. The Morgan fingerprint density at radius 1 is 1.27 bits per heavy atom. The van der Waals surface area contributed by atoms with Crippen molar-refractivity contribution in [1.29, 1.82) is 0 Å². The fourth-order valence-electron chi connectivity index (χ4n) is 3.17. The molecule has 0 bridgehead atoms. The minimum absolute atomic E-state index is 0.441. The zero-order chi connectivity index (χ0) is 15.3. The Morgan fingerprint density at radius 2 is 2.14 bits per heavy atom. The van der Waals surface area contributed by atoms with Gasteiger partial charge in [0.2, 0.25) is 5.95 Å². The SMILES string of the molecule is C[C@H]1CCN1c1nc2c(c(-c3cnn(C(F)F)c3)n1)CCC2. The first-order valence-electron chi connectivity index (χ1n) is 7.62. The van der Waals surface area contributed by atoms with Crippen LogP contribution in [0.3, 0.4) is 0 Å². The molecule has 5 nitrogen and oxygen atoms in total. The van der Waals surface area contributed by atoms with Gasteiger partial charge in [-0.3, -0.25) is 0 Å². The molecule has 22 heavy (non-hydrogen) atoms. The predicted molar refractivity (Wildman–Crippen MR) is 78.0 cm³/mol. The van der Waals surface area contributed by atoms with Crippen LogP contribution < -0.4 is 4.90 Å². The summed E-state index contributed by atoms with van der Waals surface area (Å²) in [4.78, 5) is 11.5. The second-order valence-corrected chi connectivity index (χ2v) is 5.97. The molecule has 2 aliphatic rings. The van der Waals surface area contributed by atoms with Gasteiger partial charge in [-0.05, 0) is 32.6 Å². The Labute approximate surface area is 127 Å². The van der Waals surface area contributed by atoms with Crippen molar-refractivity contribution in [3.8, 4) is 11.3 Å². The normalized spacial score (nSPS) is 20.4. The van der Waals surface area contributed by atoms with Crippen molar-refractivity contribution in [3.05, 3.63) is 23.7 Å². The molecule has 2 aromatic heterocycles. The average molecular weight is 305 g/mol. The topological polar surface area (TPSA) is 46.8 Å². The van der Waals surface area contributed by atoms with Crippen LogP contribution in [0.25, 0.3) is 11.3 Å². The number of anilines is 1. The van der Waals surface area contributed by atoms with Gasteiger partial charge in [-0.15, -0.1) is 0 Å². The van der Waals surface area contributed by atoms with Crippen molar-refractivity contribution in [1.82, 2.24) is 19.7 Å². The van der Waals surface area contributed by atoms with E-state index < -0.39 is 6.55 Å². The standard InChI is InChI=1S/C15H17F2N5/c1-9-5-6-21(9)15-19-12-4-2-3-11(12)13(20-15)10-7-18-22(8-10)14(16)17/h7-9,14H,2-6H2,1H3/t9-/m0/s1. The van der Waals surface area contributed by atoms with Crippen molar-refractivity contribution in [2.75, 3.05) is 11.4 Å². The van der Waals surface area contributed by atoms with Gasteiger partial charge in [-0.1, -0.05) is 0 Å². The third-order valence-electron chi connectivity index (χ3n) is 4.57. The van der Waals surface area contributed by atoms with E-state index in [0.717, 1.165) is 55.1 Å². The van der Waals surface area contributed by atoms with E-state index >= 15 is 0 Å². The molecule has 0 unspecified atom stereocenters. The van der Waals surface area contributed by atoms with Crippen LogP contribution in [0.5, 0.6) is 0 Å². The molecule has 0 spiro atoms. The Hall–Kier alpha value is -2.05. The number of aryl methyl sites for hydroxylation is 1. The summed E-state index contributed by atoms with van der Waals surface area (Å²) < 4.78 is 26.2.